The molecule has 0 aromatic rings. The Morgan fingerprint density at radius 3 is 1.94 bits per heavy atom. The smallest absolute Gasteiger partial charge is 0.326 e. The minimum Gasteiger partial charge on any atom is -0.480 e. The highest BCUT2D eigenvalue weighted by molar-refractivity contribution is 5.96. The minimum atomic E-state index is -1.45. The third kappa shape index (κ3) is 10.7. The van der Waals surface area contributed by atoms with Gasteiger partial charge in [0.15, 0.2) is 0 Å². The van der Waals surface area contributed by atoms with Crippen LogP contribution in [0, 0.1) is 5.92 Å². The fourth-order valence-electron chi connectivity index (χ4n) is 2.57. The standard InChI is InChI=1S/C18H34N6O7/c1-9(2)14(24-15(27)10(20)8-25)17(29)23-12(7-13(21)26)16(28)22-11(18(30)31)5-3-4-6-19/h9-12,14,25H,3-8,19-20H2,1-2H3,(H2,21,26)(H,22,28)(H,23,29)(H,24,27)(H,30,31). The zero-order valence-electron chi connectivity index (χ0n) is 17.8. The number of unbranched alkanes of at least 4 members (excludes halogenated alkanes) is 1. The van der Waals surface area contributed by atoms with Crippen molar-refractivity contribution in [2.24, 2.45) is 23.1 Å². The normalized spacial score (nSPS) is 14.8. The molecule has 0 radical (unpaired) electrons. The van der Waals surface area contributed by atoms with E-state index >= 15 is 0 Å². The summed E-state index contributed by atoms with van der Waals surface area (Å²) in [6.07, 6.45) is 0.543. The number of hydrogen-bond acceptors (Lipinski definition) is 8. The predicted molar refractivity (Wildman–Crippen MR) is 110 cm³/mol. The molecule has 0 fully saturated rings. The number of aliphatic carboxylic acids is 1. The molecule has 0 aliphatic heterocycles. The largest absolute Gasteiger partial charge is 0.480 e. The lowest BCUT2D eigenvalue weighted by Crippen LogP contribution is -2.59. The van der Waals surface area contributed by atoms with Gasteiger partial charge in [0.1, 0.15) is 24.2 Å². The molecule has 13 heteroatoms. The number of hydrogen-bond donors (Lipinski definition) is 8. The van der Waals surface area contributed by atoms with Crippen LogP contribution in [0.2, 0.25) is 0 Å². The average Bonchev–Trinajstić information content (AvgIpc) is 2.68. The van der Waals surface area contributed by atoms with E-state index in [2.05, 4.69) is 16.0 Å². The van der Waals surface area contributed by atoms with Gasteiger partial charge in [0, 0.05) is 0 Å². The van der Waals surface area contributed by atoms with E-state index in [1.807, 2.05) is 0 Å². The van der Waals surface area contributed by atoms with Crippen LogP contribution in [0.1, 0.15) is 39.5 Å². The van der Waals surface area contributed by atoms with Crippen LogP contribution in [0.15, 0.2) is 0 Å². The van der Waals surface area contributed by atoms with Gasteiger partial charge in [-0.1, -0.05) is 13.8 Å². The molecule has 0 aromatic heterocycles. The molecule has 11 N–H and O–H groups in total. The number of aliphatic hydroxyl groups excluding tert-OH is 1. The van der Waals surface area contributed by atoms with Crippen LogP contribution in [-0.2, 0) is 24.0 Å². The van der Waals surface area contributed by atoms with Crippen LogP contribution < -0.4 is 33.2 Å². The number of aliphatic hydroxyl groups is 1. The summed E-state index contributed by atoms with van der Waals surface area (Å²) in [5.74, 6) is -5.10. The Hall–Kier alpha value is -2.77. The van der Waals surface area contributed by atoms with E-state index < -0.39 is 72.7 Å². The summed E-state index contributed by atoms with van der Waals surface area (Å²) in [5, 5.41) is 25.2. The van der Waals surface area contributed by atoms with Crippen LogP contribution >= 0.6 is 0 Å². The van der Waals surface area contributed by atoms with Crippen LogP contribution in [0.3, 0.4) is 0 Å². The van der Waals surface area contributed by atoms with Gasteiger partial charge in [-0.3, -0.25) is 19.2 Å². The lowest BCUT2D eigenvalue weighted by Gasteiger charge is -2.26. The van der Waals surface area contributed by atoms with E-state index in [0.29, 0.717) is 19.4 Å². The monoisotopic (exact) mass is 446 g/mol. The molecule has 0 spiro atoms. The SMILES string of the molecule is CC(C)C(NC(=O)C(N)CO)C(=O)NC(CC(N)=O)C(=O)NC(CCCCN)C(=O)O. The highest BCUT2D eigenvalue weighted by atomic mass is 16.4. The van der Waals surface area contributed by atoms with Gasteiger partial charge in [-0.15, -0.1) is 0 Å². The second kappa shape index (κ2) is 14.3. The Morgan fingerprint density at radius 2 is 1.48 bits per heavy atom. The van der Waals surface area contributed by atoms with Crippen LogP contribution in [0.4, 0.5) is 0 Å². The average molecular weight is 447 g/mol. The molecule has 0 aliphatic carbocycles. The first-order valence-corrected chi connectivity index (χ1v) is 9.93. The molecule has 13 nitrogen and oxygen atoms in total. The number of carbonyl (C=O) groups is 5. The summed E-state index contributed by atoms with van der Waals surface area (Å²) >= 11 is 0. The first kappa shape index (κ1) is 28.2. The molecule has 4 amide bonds. The van der Waals surface area contributed by atoms with Crippen molar-refractivity contribution in [3.8, 4) is 0 Å². The molecule has 0 rings (SSSR count). The predicted octanol–water partition coefficient (Wildman–Crippen LogP) is -3.49. The Balaban J connectivity index is 5.36. The molecule has 0 aromatic carbocycles. The minimum absolute atomic E-state index is 0.110. The summed E-state index contributed by atoms with van der Waals surface area (Å²) in [4.78, 5) is 60.0. The van der Waals surface area contributed by atoms with Crippen molar-refractivity contribution in [1.29, 1.82) is 0 Å². The molecular weight excluding hydrogens is 412 g/mol. The van der Waals surface area contributed by atoms with Crippen molar-refractivity contribution in [3.63, 3.8) is 0 Å². The van der Waals surface area contributed by atoms with Crippen molar-refractivity contribution < 1.29 is 34.2 Å². The molecule has 0 bridgehead atoms. The van der Waals surface area contributed by atoms with Gasteiger partial charge in [0.25, 0.3) is 0 Å². The van der Waals surface area contributed by atoms with Gasteiger partial charge in [-0.25, -0.2) is 4.79 Å². The molecule has 0 aliphatic rings. The van der Waals surface area contributed by atoms with E-state index in [1.54, 1.807) is 13.8 Å². The number of primary amides is 1. The van der Waals surface area contributed by atoms with Crippen molar-refractivity contribution in [1.82, 2.24) is 16.0 Å². The molecule has 31 heavy (non-hydrogen) atoms. The zero-order valence-corrected chi connectivity index (χ0v) is 17.8. The zero-order chi connectivity index (χ0) is 24.1. The summed E-state index contributed by atoms with van der Waals surface area (Å²) in [6.45, 7) is 2.97. The van der Waals surface area contributed by atoms with E-state index in [0.717, 1.165) is 0 Å². The molecule has 4 atom stereocenters. The maximum Gasteiger partial charge on any atom is 0.326 e. The van der Waals surface area contributed by atoms with Gasteiger partial charge in [-0.2, -0.15) is 0 Å². The highest BCUT2D eigenvalue weighted by Gasteiger charge is 2.32. The number of rotatable bonds is 15. The Labute approximate surface area is 180 Å². The fraction of sp³-hybridized carbons (Fsp3) is 0.722. The highest BCUT2D eigenvalue weighted by Crippen LogP contribution is 2.06. The van der Waals surface area contributed by atoms with Gasteiger partial charge in [0.05, 0.1) is 13.0 Å². The number of amides is 4. The molecular formula is C18H34N6O7. The lowest BCUT2D eigenvalue weighted by atomic mass is 10.0. The van der Waals surface area contributed by atoms with E-state index in [1.165, 1.54) is 0 Å². The third-order valence-electron chi connectivity index (χ3n) is 4.38. The molecule has 0 saturated heterocycles. The molecule has 4 unspecified atom stereocenters. The maximum absolute atomic E-state index is 12.7. The van der Waals surface area contributed by atoms with Gasteiger partial charge < -0.3 is 43.4 Å². The van der Waals surface area contributed by atoms with Crippen LogP contribution in [-0.4, -0.2) is 77.1 Å². The van der Waals surface area contributed by atoms with E-state index in [4.69, 9.17) is 22.3 Å². The second-order valence-electron chi connectivity index (χ2n) is 7.43. The topological polar surface area (TPSA) is 240 Å². The Bertz CT molecular complexity index is 643. The number of carbonyl (C=O) groups excluding carboxylic acids is 4. The van der Waals surface area contributed by atoms with Crippen molar-refractivity contribution in [2.45, 2.75) is 63.7 Å². The number of carboxylic acids is 1. The van der Waals surface area contributed by atoms with Crippen molar-refractivity contribution >= 4 is 29.6 Å². The summed E-state index contributed by atoms with van der Waals surface area (Å²) in [5.41, 5.74) is 16.0. The van der Waals surface area contributed by atoms with Crippen LogP contribution in [0.25, 0.3) is 0 Å². The summed E-state index contributed by atoms with van der Waals surface area (Å²) in [6, 6.07) is -5.07. The van der Waals surface area contributed by atoms with Crippen molar-refractivity contribution in [2.75, 3.05) is 13.2 Å². The van der Waals surface area contributed by atoms with Gasteiger partial charge >= 0.3 is 5.97 Å². The van der Waals surface area contributed by atoms with Gasteiger partial charge in [-0.05, 0) is 31.7 Å². The fourth-order valence-corrected chi connectivity index (χ4v) is 2.57. The van der Waals surface area contributed by atoms with E-state index in [9.17, 15) is 29.1 Å². The second-order valence-corrected chi connectivity index (χ2v) is 7.43. The third-order valence-corrected chi connectivity index (χ3v) is 4.38. The quantitative estimate of drug-likeness (QED) is 0.116. The van der Waals surface area contributed by atoms with Gasteiger partial charge in [0.2, 0.25) is 23.6 Å². The molecule has 0 heterocycles. The number of nitrogens with one attached hydrogen (secondary N) is 3. The van der Waals surface area contributed by atoms with Crippen LogP contribution in [0.5, 0.6) is 0 Å². The number of nitrogens with two attached hydrogens (primary N) is 3. The maximum atomic E-state index is 12.7. The summed E-state index contributed by atoms with van der Waals surface area (Å²) < 4.78 is 0. The van der Waals surface area contributed by atoms with E-state index in [-0.39, 0.29) is 6.42 Å². The molecule has 0 saturated carbocycles. The summed E-state index contributed by atoms with van der Waals surface area (Å²) in [7, 11) is 0. The van der Waals surface area contributed by atoms with Crippen molar-refractivity contribution in [3.05, 3.63) is 0 Å². The number of carboxylic acid groups (broad SMARTS) is 1. The Kier molecular flexibility index (Phi) is 13.0. The molecule has 178 valence electrons. The lowest BCUT2D eigenvalue weighted by molar-refractivity contribution is -0.142. The Morgan fingerprint density at radius 1 is 0.903 bits per heavy atom. The first-order valence-electron chi connectivity index (χ1n) is 9.93. The first-order chi connectivity index (χ1) is 14.4.